The molecule has 11 heavy (non-hydrogen) atoms. The highest BCUT2D eigenvalue weighted by atomic mass is 79.9. The standard InChI is InChI=1S/C9H6BrF/c10-6-2-4-8-3-1-5-9(11)7-8/h1,3,5,7H,6H2. The fourth-order valence-corrected chi connectivity index (χ4v) is 0.842. The molecule has 0 bridgehead atoms. The molecule has 0 spiro atoms. The van der Waals surface area contributed by atoms with Gasteiger partial charge in [-0.3, -0.25) is 0 Å². The molecule has 1 rings (SSSR count). The average molecular weight is 213 g/mol. The quantitative estimate of drug-likeness (QED) is 0.459. The van der Waals surface area contributed by atoms with Gasteiger partial charge in [0.25, 0.3) is 0 Å². The molecule has 1 aromatic rings. The van der Waals surface area contributed by atoms with E-state index in [0.29, 0.717) is 10.9 Å². The smallest absolute Gasteiger partial charge is 0.124 e. The van der Waals surface area contributed by atoms with Gasteiger partial charge in [0.2, 0.25) is 0 Å². The molecule has 0 saturated carbocycles. The predicted octanol–water partition coefficient (Wildman–Crippen LogP) is 2.57. The zero-order valence-electron chi connectivity index (χ0n) is 5.77. The number of hydrogen-bond donors (Lipinski definition) is 0. The van der Waals surface area contributed by atoms with Crippen LogP contribution < -0.4 is 0 Å². The summed E-state index contributed by atoms with van der Waals surface area (Å²) in [6.07, 6.45) is 0. The number of rotatable bonds is 0. The first-order chi connectivity index (χ1) is 5.33. The SMILES string of the molecule is Fc1cccc(C#CCBr)c1. The fourth-order valence-electron chi connectivity index (χ4n) is 0.702. The second kappa shape index (κ2) is 4.15. The van der Waals surface area contributed by atoms with E-state index in [0.717, 1.165) is 0 Å². The summed E-state index contributed by atoms with van der Waals surface area (Å²) in [5.74, 6) is 5.35. The summed E-state index contributed by atoms with van der Waals surface area (Å²) in [5.41, 5.74) is 0.712. The minimum atomic E-state index is -0.244. The van der Waals surface area contributed by atoms with Crippen LogP contribution in [-0.2, 0) is 0 Å². The molecule has 2 heteroatoms. The molecule has 0 aromatic heterocycles. The molecule has 0 radical (unpaired) electrons. The van der Waals surface area contributed by atoms with Crippen LogP contribution in [0.4, 0.5) is 4.39 Å². The normalized spacial score (nSPS) is 8.55. The van der Waals surface area contributed by atoms with Crippen LogP contribution >= 0.6 is 15.9 Å². The summed E-state index contributed by atoms with van der Waals surface area (Å²) in [6, 6.07) is 6.24. The van der Waals surface area contributed by atoms with E-state index in [-0.39, 0.29) is 5.82 Å². The van der Waals surface area contributed by atoms with Crippen LogP contribution in [0.1, 0.15) is 5.56 Å². The molecular formula is C9H6BrF. The molecule has 0 aliphatic heterocycles. The highest BCUT2D eigenvalue weighted by Crippen LogP contribution is 2.00. The summed E-state index contributed by atoms with van der Waals surface area (Å²) in [7, 11) is 0. The summed E-state index contributed by atoms with van der Waals surface area (Å²) in [4.78, 5) is 0. The van der Waals surface area contributed by atoms with Crippen molar-refractivity contribution < 1.29 is 4.39 Å². The predicted molar refractivity (Wildman–Crippen MR) is 47.1 cm³/mol. The van der Waals surface area contributed by atoms with E-state index in [1.54, 1.807) is 12.1 Å². The van der Waals surface area contributed by atoms with Crippen LogP contribution in [0.5, 0.6) is 0 Å². The van der Waals surface area contributed by atoms with Crippen molar-refractivity contribution in [3.05, 3.63) is 35.6 Å². The first kappa shape index (κ1) is 8.29. The van der Waals surface area contributed by atoms with Gasteiger partial charge in [0.05, 0.1) is 5.33 Å². The zero-order valence-corrected chi connectivity index (χ0v) is 7.36. The maximum Gasteiger partial charge on any atom is 0.124 e. The largest absolute Gasteiger partial charge is 0.207 e. The molecule has 0 nitrogen and oxygen atoms in total. The lowest BCUT2D eigenvalue weighted by Crippen LogP contribution is -1.76. The van der Waals surface area contributed by atoms with Crippen LogP contribution in [0.25, 0.3) is 0 Å². The monoisotopic (exact) mass is 212 g/mol. The molecular weight excluding hydrogens is 207 g/mol. The molecule has 0 fully saturated rings. The molecule has 0 saturated heterocycles. The van der Waals surface area contributed by atoms with Crippen molar-refractivity contribution in [1.82, 2.24) is 0 Å². The van der Waals surface area contributed by atoms with Gasteiger partial charge in [0.1, 0.15) is 5.82 Å². The second-order valence-electron chi connectivity index (χ2n) is 1.95. The number of halogens is 2. The van der Waals surface area contributed by atoms with E-state index in [1.807, 2.05) is 0 Å². The van der Waals surface area contributed by atoms with Crippen molar-refractivity contribution in [2.24, 2.45) is 0 Å². The Morgan fingerprint density at radius 1 is 1.45 bits per heavy atom. The van der Waals surface area contributed by atoms with Crippen LogP contribution in [0.2, 0.25) is 0 Å². The Balaban J connectivity index is 2.87. The molecule has 0 atom stereocenters. The molecule has 1 aromatic carbocycles. The minimum absolute atomic E-state index is 0.244. The maximum absolute atomic E-state index is 12.5. The van der Waals surface area contributed by atoms with E-state index in [4.69, 9.17) is 0 Å². The van der Waals surface area contributed by atoms with Gasteiger partial charge in [-0.25, -0.2) is 4.39 Å². The van der Waals surface area contributed by atoms with E-state index in [2.05, 4.69) is 27.8 Å². The van der Waals surface area contributed by atoms with Gasteiger partial charge in [-0.05, 0) is 18.2 Å². The first-order valence-corrected chi connectivity index (χ1v) is 4.25. The maximum atomic E-state index is 12.5. The molecule has 0 unspecified atom stereocenters. The minimum Gasteiger partial charge on any atom is -0.207 e. The number of hydrogen-bond acceptors (Lipinski definition) is 0. The van der Waals surface area contributed by atoms with Crippen molar-refractivity contribution in [2.45, 2.75) is 0 Å². The van der Waals surface area contributed by atoms with Crippen molar-refractivity contribution in [1.29, 1.82) is 0 Å². The summed E-state index contributed by atoms with van der Waals surface area (Å²) in [6.45, 7) is 0. The van der Waals surface area contributed by atoms with Gasteiger partial charge in [-0.1, -0.05) is 33.8 Å². The average Bonchev–Trinajstić information content (AvgIpc) is 2.01. The Hall–Kier alpha value is -0.810. The van der Waals surface area contributed by atoms with Gasteiger partial charge >= 0.3 is 0 Å². The van der Waals surface area contributed by atoms with E-state index >= 15 is 0 Å². The Morgan fingerprint density at radius 2 is 2.27 bits per heavy atom. The van der Waals surface area contributed by atoms with Crippen LogP contribution in [0.3, 0.4) is 0 Å². The lowest BCUT2D eigenvalue weighted by atomic mass is 10.2. The Bertz CT molecular complexity index is 296. The van der Waals surface area contributed by atoms with Gasteiger partial charge in [-0.2, -0.15) is 0 Å². The third-order valence-electron chi connectivity index (χ3n) is 1.12. The van der Waals surface area contributed by atoms with E-state index in [9.17, 15) is 4.39 Å². The molecule has 0 aliphatic carbocycles. The van der Waals surface area contributed by atoms with Crippen molar-refractivity contribution in [3.63, 3.8) is 0 Å². The third kappa shape index (κ3) is 2.73. The zero-order chi connectivity index (χ0) is 8.10. The van der Waals surface area contributed by atoms with Crippen LogP contribution in [0.15, 0.2) is 24.3 Å². The molecule has 56 valence electrons. The van der Waals surface area contributed by atoms with E-state index < -0.39 is 0 Å². The van der Waals surface area contributed by atoms with Crippen molar-refractivity contribution in [2.75, 3.05) is 5.33 Å². The summed E-state index contributed by atoms with van der Waals surface area (Å²) < 4.78 is 12.5. The highest BCUT2D eigenvalue weighted by molar-refractivity contribution is 9.09. The number of alkyl halides is 1. The van der Waals surface area contributed by atoms with Gasteiger partial charge < -0.3 is 0 Å². The molecule has 0 amide bonds. The first-order valence-electron chi connectivity index (χ1n) is 3.13. The Labute approximate surface area is 73.6 Å². The molecule has 0 N–H and O–H groups in total. The van der Waals surface area contributed by atoms with Crippen molar-refractivity contribution in [3.8, 4) is 11.8 Å². The summed E-state index contributed by atoms with van der Waals surface area (Å²) >= 11 is 3.16. The Kier molecular flexibility index (Phi) is 3.13. The lowest BCUT2D eigenvalue weighted by Gasteiger charge is -1.88. The molecule has 0 heterocycles. The second-order valence-corrected chi connectivity index (χ2v) is 2.51. The Morgan fingerprint density at radius 3 is 2.91 bits per heavy atom. The van der Waals surface area contributed by atoms with Crippen LogP contribution in [-0.4, -0.2) is 5.33 Å². The molecule has 0 aliphatic rings. The van der Waals surface area contributed by atoms with Gasteiger partial charge in [0.15, 0.2) is 0 Å². The third-order valence-corrected chi connectivity index (χ3v) is 1.40. The number of benzene rings is 1. The van der Waals surface area contributed by atoms with Gasteiger partial charge in [-0.15, -0.1) is 0 Å². The van der Waals surface area contributed by atoms with E-state index in [1.165, 1.54) is 12.1 Å². The van der Waals surface area contributed by atoms with Crippen LogP contribution in [0, 0.1) is 17.7 Å². The summed E-state index contributed by atoms with van der Waals surface area (Å²) in [5, 5.41) is 0.615. The topological polar surface area (TPSA) is 0 Å². The van der Waals surface area contributed by atoms with Crippen molar-refractivity contribution >= 4 is 15.9 Å². The lowest BCUT2D eigenvalue weighted by molar-refractivity contribution is 0.627. The fraction of sp³-hybridized carbons (Fsp3) is 0.111. The highest BCUT2D eigenvalue weighted by Gasteiger charge is 1.88. The van der Waals surface area contributed by atoms with Gasteiger partial charge in [0, 0.05) is 5.56 Å².